The number of aromatic nitrogens is 2. The summed E-state index contributed by atoms with van der Waals surface area (Å²) < 4.78 is 11.4. The van der Waals surface area contributed by atoms with Crippen LogP contribution in [-0.2, 0) is 6.61 Å². The molecule has 1 aromatic heterocycles. The number of benzene rings is 2. The third-order valence-electron chi connectivity index (χ3n) is 5.57. The molecular weight excluding hydrogens is 362 g/mol. The molecule has 2 aromatic carbocycles. The van der Waals surface area contributed by atoms with Crippen molar-refractivity contribution in [1.29, 1.82) is 0 Å². The third kappa shape index (κ3) is 3.57. The van der Waals surface area contributed by atoms with E-state index < -0.39 is 0 Å². The van der Waals surface area contributed by atoms with Crippen molar-refractivity contribution in [3.63, 3.8) is 0 Å². The second kappa shape index (κ2) is 7.33. The van der Waals surface area contributed by atoms with Gasteiger partial charge in [0.1, 0.15) is 12.4 Å². The molecule has 1 saturated carbocycles. The van der Waals surface area contributed by atoms with Crippen LogP contribution < -0.4 is 10.1 Å². The molecule has 1 saturated heterocycles. The average molecular weight is 384 g/mol. The number of nitrogens with one attached hydrogen (secondary N) is 1. The highest BCUT2D eigenvalue weighted by Gasteiger charge is 2.58. The summed E-state index contributed by atoms with van der Waals surface area (Å²) in [6, 6.07) is 18.0. The second-order valence-corrected chi connectivity index (χ2v) is 7.30. The summed E-state index contributed by atoms with van der Waals surface area (Å²) in [4.78, 5) is 4.64. The van der Waals surface area contributed by atoms with E-state index in [0.717, 1.165) is 42.3 Å². The van der Waals surface area contributed by atoms with Crippen molar-refractivity contribution in [3.8, 4) is 17.1 Å². The zero-order valence-corrected chi connectivity index (χ0v) is 15.7. The zero-order valence-electron chi connectivity index (χ0n) is 14.9. The Morgan fingerprint density at radius 2 is 1.93 bits per heavy atom. The van der Waals surface area contributed by atoms with Crippen LogP contribution in [0.25, 0.3) is 11.4 Å². The van der Waals surface area contributed by atoms with Crippen molar-refractivity contribution in [2.75, 3.05) is 13.1 Å². The number of nitrogens with zero attached hydrogens (tertiary/aromatic N) is 2. The third-order valence-corrected chi connectivity index (χ3v) is 5.57. The van der Waals surface area contributed by atoms with Gasteiger partial charge in [-0.05, 0) is 54.6 Å². The minimum atomic E-state index is 0. The molecule has 5 rings (SSSR count). The molecule has 1 N–H and O–H groups in total. The van der Waals surface area contributed by atoms with E-state index in [1.807, 2.05) is 42.5 Å². The van der Waals surface area contributed by atoms with E-state index in [0.29, 0.717) is 23.8 Å². The summed E-state index contributed by atoms with van der Waals surface area (Å²) in [5, 5.41) is 7.62. The first-order valence-electron chi connectivity index (χ1n) is 9.14. The fourth-order valence-electron chi connectivity index (χ4n) is 3.87. The molecule has 27 heavy (non-hydrogen) atoms. The summed E-state index contributed by atoms with van der Waals surface area (Å²) in [5.41, 5.74) is 2.48. The number of hydrogen-bond donors (Lipinski definition) is 1. The van der Waals surface area contributed by atoms with Crippen LogP contribution in [0.15, 0.2) is 59.1 Å². The van der Waals surface area contributed by atoms with Crippen molar-refractivity contribution in [3.05, 3.63) is 66.1 Å². The van der Waals surface area contributed by atoms with Crippen molar-refractivity contribution in [2.24, 2.45) is 5.41 Å². The molecule has 3 aromatic rings. The second-order valence-electron chi connectivity index (χ2n) is 7.30. The summed E-state index contributed by atoms with van der Waals surface area (Å²) in [5.74, 6) is 2.70. The molecule has 2 heterocycles. The number of rotatable bonds is 5. The molecule has 2 atom stereocenters. The number of ether oxygens (including phenoxy) is 1. The predicted molar refractivity (Wildman–Crippen MR) is 105 cm³/mol. The van der Waals surface area contributed by atoms with Gasteiger partial charge in [-0.2, -0.15) is 4.98 Å². The minimum absolute atomic E-state index is 0. The monoisotopic (exact) mass is 383 g/mol. The first-order chi connectivity index (χ1) is 12.8. The van der Waals surface area contributed by atoms with Crippen LogP contribution in [-0.4, -0.2) is 23.2 Å². The Bertz CT molecular complexity index is 889. The van der Waals surface area contributed by atoms with Gasteiger partial charge in [-0.15, -0.1) is 12.4 Å². The lowest BCUT2D eigenvalue weighted by Gasteiger charge is -2.06. The Morgan fingerprint density at radius 1 is 1.11 bits per heavy atom. The lowest BCUT2D eigenvalue weighted by atomic mass is 10.0. The maximum absolute atomic E-state index is 5.83. The van der Waals surface area contributed by atoms with E-state index >= 15 is 0 Å². The fraction of sp³-hybridized carbons (Fsp3) is 0.333. The fourth-order valence-corrected chi connectivity index (χ4v) is 3.87. The molecule has 2 unspecified atom stereocenters. The van der Waals surface area contributed by atoms with Gasteiger partial charge >= 0.3 is 0 Å². The van der Waals surface area contributed by atoms with E-state index in [4.69, 9.17) is 9.26 Å². The van der Waals surface area contributed by atoms with Crippen LogP contribution in [0.5, 0.6) is 5.75 Å². The van der Waals surface area contributed by atoms with Gasteiger partial charge in [0.15, 0.2) is 0 Å². The van der Waals surface area contributed by atoms with Crippen molar-refractivity contribution >= 4 is 12.4 Å². The quantitative estimate of drug-likeness (QED) is 0.715. The standard InChI is InChI=1S/C21H21N3O2.ClH/c1-2-4-15(5-3-1)13-25-17-8-6-16(7-9-17)19-23-20(26-24-19)18-12-21(18)10-11-22-14-21;/h1-9,18,22H,10-14H2;1H. The largest absolute Gasteiger partial charge is 0.489 e. The maximum atomic E-state index is 5.83. The minimum Gasteiger partial charge on any atom is -0.489 e. The molecular formula is C21H22ClN3O2. The van der Waals surface area contributed by atoms with Gasteiger partial charge in [0.05, 0.1) is 0 Å². The Hall–Kier alpha value is -2.37. The van der Waals surface area contributed by atoms with E-state index in [9.17, 15) is 0 Å². The van der Waals surface area contributed by atoms with E-state index in [2.05, 4.69) is 27.6 Å². The van der Waals surface area contributed by atoms with E-state index in [-0.39, 0.29) is 12.4 Å². The molecule has 1 aliphatic heterocycles. The maximum Gasteiger partial charge on any atom is 0.230 e. The highest BCUT2D eigenvalue weighted by Crippen LogP contribution is 2.62. The predicted octanol–water partition coefficient (Wildman–Crippen LogP) is 4.20. The summed E-state index contributed by atoms with van der Waals surface area (Å²) in [6.45, 7) is 2.73. The summed E-state index contributed by atoms with van der Waals surface area (Å²) >= 11 is 0. The van der Waals surface area contributed by atoms with Crippen LogP contribution in [0.3, 0.4) is 0 Å². The number of hydrogen-bond acceptors (Lipinski definition) is 5. The molecule has 0 amide bonds. The summed E-state index contributed by atoms with van der Waals surface area (Å²) in [6.07, 6.45) is 2.37. The van der Waals surface area contributed by atoms with Gasteiger partial charge in [-0.1, -0.05) is 35.5 Å². The lowest BCUT2D eigenvalue weighted by molar-refractivity contribution is 0.306. The molecule has 2 fully saturated rings. The van der Waals surface area contributed by atoms with Crippen LogP contribution in [0, 0.1) is 5.41 Å². The van der Waals surface area contributed by atoms with Crippen molar-refractivity contribution < 1.29 is 9.26 Å². The topological polar surface area (TPSA) is 60.2 Å². The van der Waals surface area contributed by atoms with Gasteiger partial charge in [0.2, 0.25) is 11.7 Å². The first kappa shape index (κ1) is 18.0. The summed E-state index contributed by atoms with van der Waals surface area (Å²) in [7, 11) is 0. The average Bonchev–Trinajstić information content (AvgIpc) is 3.04. The normalized spacial score (nSPS) is 23.2. The van der Waals surface area contributed by atoms with Crippen molar-refractivity contribution in [1.82, 2.24) is 15.5 Å². The van der Waals surface area contributed by atoms with Crippen LogP contribution in [0.1, 0.15) is 30.2 Å². The van der Waals surface area contributed by atoms with Crippen LogP contribution >= 0.6 is 12.4 Å². The molecule has 140 valence electrons. The SMILES string of the molecule is Cl.c1ccc(COc2ccc(-c3noc(C4CC45CCNC5)n3)cc2)cc1. The molecule has 0 radical (unpaired) electrons. The van der Waals surface area contributed by atoms with Gasteiger partial charge in [-0.3, -0.25) is 0 Å². The van der Waals surface area contributed by atoms with Crippen molar-refractivity contribution in [2.45, 2.75) is 25.4 Å². The molecule has 6 heteroatoms. The van der Waals surface area contributed by atoms with Crippen LogP contribution in [0.4, 0.5) is 0 Å². The Morgan fingerprint density at radius 3 is 2.67 bits per heavy atom. The van der Waals surface area contributed by atoms with Gasteiger partial charge in [0, 0.05) is 18.0 Å². The van der Waals surface area contributed by atoms with E-state index in [1.54, 1.807) is 0 Å². The molecule has 1 aliphatic carbocycles. The Kier molecular flexibility index (Phi) is 4.89. The zero-order chi connectivity index (χ0) is 17.4. The smallest absolute Gasteiger partial charge is 0.230 e. The Labute approximate surface area is 164 Å². The Balaban J connectivity index is 0.00000180. The van der Waals surface area contributed by atoms with Gasteiger partial charge in [0.25, 0.3) is 0 Å². The molecule has 2 aliphatic rings. The van der Waals surface area contributed by atoms with Crippen LogP contribution in [0.2, 0.25) is 0 Å². The highest BCUT2D eigenvalue weighted by atomic mass is 35.5. The van der Waals surface area contributed by atoms with Gasteiger partial charge in [-0.25, -0.2) is 0 Å². The first-order valence-corrected chi connectivity index (χ1v) is 9.14. The number of halogens is 1. The molecule has 5 nitrogen and oxygen atoms in total. The van der Waals surface area contributed by atoms with Gasteiger partial charge < -0.3 is 14.6 Å². The molecule has 0 bridgehead atoms. The highest BCUT2D eigenvalue weighted by molar-refractivity contribution is 5.85. The van der Waals surface area contributed by atoms with E-state index in [1.165, 1.54) is 6.42 Å². The molecule has 1 spiro atoms. The lowest BCUT2D eigenvalue weighted by Crippen LogP contribution is -2.10.